The smallest absolute Gasteiger partial charge is 0.378 e. The first kappa shape index (κ1) is 31.5. The Bertz CT molecular complexity index is 1710. The Hall–Kier alpha value is -4.41. The first-order valence-electron chi connectivity index (χ1n) is 12.3. The maximum absolute atomic E-state index is 15.1. The minimum atomic E-state index is -5.10. The summed E-state index contributed by atoms with van der Waals surface area (Å²) in [5, 5.41) is 6.60. The molecular formula is C26H20F9N5O3. The highest BCUT2D eigenvalue weighted by Crippen LogP contribution is 2.32. The van der Waals surface area contributed by atoms with Crippen molar-refractivity contribution in [3.8, 4) is 11.3 Å². The number of benzene rings is 1. The second kappa shape index (κ2) is 12.8. The summed E-state index contributed by atoms with van der Waals surface area (Å²) in [5.74, 6) is -2.96. The lowest BCUT2D eigenvalue weighted by molar-refractivity contribution is -0.138. The number of fused-ring (bicyclic) bond motifs is 1. The van der Waals surface area contributed by atoms with Gasteiger partial charge in [0.2, 0.25) is 0 Å². The number of alkyl halides is 7. The summed E-state index contributed by atoms with van der Waals surface area (Å²) in [5.41, 5.74) is -5.90. The molecule has 3 heterocycles. The lowest BCUT2D eigenvalue weighted by atomic mass is 10.0. The zero-order valence-corrected chi connectivity index (χ0v) is 21.6. The van der Waals surface area contributed by atoms with E-state index in [2.05, 4.69) is 20.1 Å². The van der Waals surface area contributed by atoms with Crippen LogP contribution in [0.15, 0.2) is 52.4 Å². The number of aromatic amines is 1. The van der Waals surface area contributed by atoms with E-state index in [1.807, 2.05) is 0 Å². The van der Waals surface area contributed by atoms with Gasteiger partial charge in [-0.1, -0.05) is 0 Å². The molecule has 1 atom stereocenters. The molecule has 0 aliphatic rings. The van der Waals surface area contributed by atoms with E-state index in [1.54, 1.807) is 5.10 Å². The van der Waals surface area contributed by atoms with Gasteiger partial charge < -0.3 is 14.6 Å². The summed E-state index contributed by atoms with van der Waals surface area (Å²) in [6.45, 7) is -4.24. The second-order valence-corrected chi connectivity index (χ2v) is 9.17. The molecule has 0 aliphatic carbocycles. The third-order valence-electron chi connectivity index (χ3n) is 6.33. The molecule has 0 radical (unpaired) electrons. The van der Waals surface area contributed by atoms with Gasteiger partial charge in [0.1, 0.15) is 5.56 Å². The molecule has 4 rings (SSSR count). The molecule has 0 saturated carbocycles. The van der Waals surface area contributed by atoms with Crippen LogP contribution >= 0.6 is 0 Å². The van der Waals surface area contributed by atoms with Gasteiger partial charge in [-0.15, -0.1) is 0 Å². The van der Waals surface area contributed by atoms with Gasteiger partial charge in [0, 0.05) is 36.1 Å². The first-order valence-corrected chi connectivity index (χ1v) is 12.3. The fourth-order valence-electron chi connectivity index (χ4n) is 4.34. The number of rotatable bonds is 11. The van der Waals surface area contributed by atoms with Crippen LogP contribution in [0.4, 0.5) is 45.2 Å². The molecule has 2 N–H and O–H groups in total. The van der Waals surface area contributed by atoms with Crippen LogP contribution in [-0.4, -0.2) is 39.0 Å². The van der Waals surface area contributed by atoms with Crippen molar-refractivity contribution in [2.45, 2.75) is 44.6 Å². The third kappa shape index (κ3) is 7.15. The number of anilines is 1. The van der Waals surface area contributed by atoms with Crippen molar-refractivity contribution in [3.63, 3.8) is 0 Å². The van der Waals surface area contributed by atoms with Gasteiger partial charge >= 0.3 is 12.8 Å². The molecule has 0 amide bonds. The summed E-state index contributed by atoms with van der Waals surface area (Å²) in [4.78, 5) is 28.4. The fraction of sp³-hybridized carbons (Fsp3) is 0.308. The molecule has 43 heavy (non-hydrogen) atoms. The SMILES string of the molecule is O=c1[nH]ncc(N[C@H](CCCn2ccc3cc(-c4ccc(C(F)F)cn4)c(F)c(F)c3c2=O)COC(F)F)c1C(F)(F)F. The maximum atomic E-state index is 15.1. The van der Waals surface area contributed by atoms with E-state index in [0.717, 1.165) is 29.0 Å². The monoisotopic (exact) mass is 621 g/mol. The van der Waals surface area contributed by atoms with E-state index in [-0.39, 0.29) is 36.0 Å². The van der Waals surface area contributed by atoms with Crippen LogP contribution in [0, 0.1) is 11.6 Å². The van der Waals surface area contributed by atoms with Crippen molar-refractivity contribution < 1.29 is 44.3 Å². The molecule has 230 valence electrons. The molecule has 0 bridgehead atoms. The van der Waals surface area contributed by atoms with Crippen molar-refractivity contribution in [2.75, 3.05) is 11.9 Å². The van der Waals surface area contributed by atoms with E-state index >= 15 is 4.39 Å². The molecule has 1 aromatic carbocycles. The van der Waals surface area contributed by atoms with Crippen LogP contribution in [0.2, 0.25) is 0 Å². The van der Waals surface area contributed by atoms with Gasteiger partial charge in [0.05, 0.1) is 29.6 Å². The molecule has 4 aromatic rings. The number of H-pyrrole nitrogens is 1. The molecule has 0 fully saturated rings. The quantitative estimate of drug-likeness (QED) is 0.203. The number of hydrogen-bond donors (Lipinski definition) is 2. The number of nitrogens with zero attached hydrogens (tertiary/aromatic N) is 3. The number of aryl methyl sites for hydroxylation is 1. The van der Waals surface area contributed by atoms with Gasteiger partial charge in [-0.25, -0.2) is 22.7 Å². The van der Waals surface area contributed by atoms with E-state index < -0.39 is 76.8 Å². The molecule has 0 aliphatic heterocycles. The van der Waals surface area contributed by atoms with Gasteiger partial charge in [-0.2, -0.15) is 27.1 Å². The van der Waals surface area contributed by atoms with Crippen molar-refractivity contribution >= 4 is 16.5 Å². The minimum absolute atomic E-state index is 0.0266. The number of pyridine rings is 2. The van der Waals surface area contributed by atoms with Crippen LogP contribution in [0.3, 0.4) is 0 Å². The summed E-state index contributed by atoms with van der Waals surface area (Å²) in [7, 11) is 0. The molecule has 0 unspecified atom stereocenters. The summed E-state index contributed by atoms with van der Waals surface area (Å²) < 4.78 is 126. The maximum Gasteiger partial charge on any atom is 0.423 e. The third-order valence-corrected chi connectivity index (χ3v) is 6.33. The Morgan fingerprint density at radius 2 is 1.77 bits per heavy atom. The Morgan fingerprint density at radius 1 is 1.02 bits per heavy atom. The largest absolute Gasteiger partial charge is 0.423 e. The van der Waals surface area contributed by atoms with E-state index in [9.17, 15) is 44.7 Å². The fourth-order valence-corrected chi connectivity index (χ4v) is 4.34. The molecule has 0 spiro atoms. The highest BCUT2D eigenvalue weighted by Gasteiger charge is 2.37. The predicted molar refractivity (Wildman–Crippen MR) is 135 cm³/mol. The average molecular weight is 621 g/mol. The molecule has 0 saturated heterocycles. The average Bonchev–Trinajstić information content (AvgIpc) is 2.93. The Balaban J connectivity index is 1.56. The molecule has 17 heteroatoms. The van der Waals surface area contributed by atoms with Crippen LogP contribution < -0.4 is 16.4 Å². The highest BCUT2D eigenvalue weighted by molar-refractivity contribution is 5.87. The summed E-state index contributed by atoms with van der Waals surface area (Å²) in [6, 6.07) is 3.27. The van der Waals surface area contributed by atoms with Gasteiger partial charge in [-0.05, 0) is 42.5 Å². The summed E-state index contributed by atoms with van der Waals surface area (Å²) >= 11 is 0. The molecule has 8 nitrogen and oxygen atoms in total. The van der Waals surface area contributed by atoms with Gasteiger partial charge in [0.25, 0.3) is 17.5 Å². The Labute approximate surface area is 235 Å². The number of nitrogens with one attached hydrogen (secondary N) is 2. The second-order valence-electron chi connectivity index (χ2n) is 9.17. The van der Waals surface area contributed by atoms with Crippen LogP contribution in [-0.2, 0) is 17.5 Å². The topological polar surface area (TPSA) is 102 Å². The van der Waals surface area contributed by atoms with Crippen molar-refractivity contribution in [2.24, 2.45) is 0 Å². The normalized spacial score (nSPS) is 12.8. The summed E-state index contributed by atoms with van der Waals surface area (Å²) in [6.07, 6.45) is -5.44. The lowest BCUT2D eigenvalue weighted by Gasteiger charge is -2.22. The number of ether oxygens (including phenoxy) is 1. The first-order chi connectivity index (χ1) is 20.3. The molecular weight excluding hydrogens is 601 g/mol. The zero-order valence-electron chi connectivity index (χ0n) is 21.6. The van der Waals surface area contributed by atoms with Crippen LogP contribution in [0.5, 0.6) is 0 Å². The van der Waals surface area contributed by atoms with Crippen LogP contribution in [0.25, 0.3) is 22.0 Å². The van der Waals surface area contributed by atoms with E-state index in [4.69, 9.17) is 0 Å². The zero-order chi connectivity index (χ0) is 31.5. The van der Waals surface area contributed by atoms with Gasteiger partial charge in [-0.3, -0.25) is 14.6 Å². The Morgan fingerprint density at radius 3 is 2.40 bits per heavy atom. The van der Waals surface area contributed by atoms with E-state index in [0.29, 0.717) is 6.20 Å². The molecule has 3 aromatic heterocycles. The van der Waals surface area contributed by atoms with Crippen LogP contribution in [0.1, 0.15) is 30.4 Å². The van der Waals surface area contributed by atoms with Crippen molar-refractivity contribution in [1.29, 1.82) is 0 Å². The minimum Gasteiger partial charge on any atom is -0.378 e. The lowest BCUT2D eigenvalue weighted by Crippen LogP contribution is -2.32. The van der Waals surface area contributed by atoms with Gasteiger partial charge in [0.15, 0.2) is 11.6 Å². The van der Waals surface area contributed by atoms with Crippen molar-refractivity contribution in [3.05, 3.63) is 86.3 Å². The predicted octanol–water partition coefficient (Wildman–Crippen LogP) is 5.88. The highest BCUT2D eigenvalue weighted by atomic mass is 19.4. The number of aromatic nitrogens is 4. The number of halogens is 9. The van der Waals surface area contributed by atoms with E-state index in [1.165, 1.54) is 12.3 Å². The standard InChI is InChI=1S/C26H20F9N5O3/c27-20-15(16-4-3-13(9-36-16)22(29)30)8-12-5-7-40(24(42)18(12)21(20)28)6-1-2-14(11-43-25(31)32)38-17-10-37-39-23(41)19(17)26(33,34)35/h3-5,7-10,14,22,25H,1-2,6,11H2,(H2,38,39,41)/t14-/m1/s1. The number of hydrogen-bond acceptors (Lipinski definition) is 6. The van der Waals surface area contributed by atoms with Crippen molar-refractivity contribution in [1.82, 2.24) is 19.7 Å². The Kier molecular flexibility index (Phi) is 9.42.